The molecule has 1 heterocycles. The number of rotatable bonds is 8. The molecule has 0 bridgehead atoms. The highest BCUT2D eigenvalue weighted by atomic mass is 35.5. The van der Waals surface area contributed by atoms with Crippen molar-refractivity contribution in [3.63, 3.8) is 0 Å². The average Bonchev–Trinajstić information content (AvgIpc) is 2.76. The number of carbonyl (C=O) groups is 2. The molecule has 3 N–H and O–H groups in total. The summed E-state index contributed by atoms with van der Waals surface area (Å²) >= 11 is 6.16. The van der Waals surface area contributed by atoms with Gasteiger partial charge in [0.1, 0.15) is 5.75 Å². The lowest BCUT2D eigenvalue weighted by molar-refractivity contribution is -0.121. The minimum absolute atomic E-state index is 0.0667. The number of nitrogens with zero attached hydrogens (tertiary/aromatic N) is 1. The van der Waals surface area contributed by atoms with Crippen molar-refractivity contribution in [1.82, 2.24) is 4.31 Å². The molecular formula is C22H26ClN3O5S. The van der Waals surface area contributed by atoms with Crippen LogP contribution in [0.15, 0.2) is 47.4 Å². The molecule has 10 heteroatoms. The van der Waals surface area contributed by atoms with Crippen molar-refractivity contribution in [2.24, 2.45) is 11.7 Å². The lowest BCUT2D eigenvalue weighted by atomic mass is 9.98. The van der Waals surface area contributed by atoms with Gasteiger partial charge in [-0.05, 0) is 55.7 Å². The number of benzene rings is 2. The van der Waals surface area contributed by atoms with Crippen LogP contribution in [0.3, 0.4) is 0 Å². The normalized spacial score (nSPS) is 17.0. The molecule has 1 aliphatic heterocycles. The molecule has 1 fully saturated rings. The van der Waals surface area contributed by atoms with E-state index in [1.54, 1.807) is 24.3 Å². The van der Waals surface area contributed by atoms with E-state index in [9.17, 15) is 18.0 Å². The quantitative estimate of drug-likeness (QED) is 0.603. The first-order valence-electron chi connectivity index (χ1n) is 10.3. The number of piperidine rings is 1. The maximum atomic E-state index is 13.1. The molecule has 2 aromatic rings. The molecule has 8 nitrogen and oxygen atoms in total. The molecular weight excluding hydrogens is 454 g/mol. The summed E-state index contributed by atoms with van der Waals surface area (Å²) in [6, 6.07) is 11.2. The summed E-state index contributed by atoms with van der Waals surface area (Å²) < 4.78 is 32.9. The summed E-state index contributed by atoms with van der Waals surface area (Å²) in [5.74, 6) is -0.746. The van der Waals surface area contributed by atoms with E-state index in [1.165, 1.54) is 22.5 Å². The zero-order valence-corrected chi connectivity index (χ0v) is 19.3. The van der Waals surface area contributed by atoms with E-state index in [2.05, 4.69) is 5.32 Å². The van der Waals surface area contributed by atoms with E-state index in [0.717, 1.165) is 5.56 Å². The van der Waals surface area contributed by atoms with E-state index < -0.39 is 21.8 Å². The van der Waals surface area contributed by atoms with Gasteiger partial charge >= 0.3 is 0 Å². The minimum Gasteiger partial charge on any atom is -0.492 e. The van der Waals surface area contributed by atoms with E-state index in [0.29, 0.717) is 37.4 Å². The van der Waals surface area contributed by atoms with Crippen LogP contribution in [-0.4, -0.2) is 44.2 Å². The van der Waals surface area contributed by atoms with Gasteiger partial charge in [0.2, 0.25) is 21.8 Å². The Labute approximate surface area is 192 Å². The molecule has 2 amide bonds. The van der Waals surface area contributed by atoms with Gasteiger partial charge in [0.15, 0.2) is 0 Å². The molecule has 0 saturated carbocycles. The molecule has 1 aliphatic rings. The third-order valence-corrected chi connectivity index (χ3v) is 7.35. The van der Waals surface area contributed by atoms with Crippen molar-refractivity contribution >= 4 is 39.1 Å². The first kappa shape index (κ1) is 24.0. The lowest BCUT2D eigenvalue weighted by Crippen LogP contribution is -2.43. The minimum atomic E-state index is -3.80. The van der Waals surface area contributed by atoms with Crippen LogP contribution in [-0.2, 0) is 26.0 Å². The van der Waals surface area contributed by atoms with Crippen molar-refractivity contribution in [2.75, 3.05) is 25.0 Å². The molecule has 1 saturated heterocycles. The molecule has 32 heavy (non-hydrogen) atoms. The van der Waals surface area contributed by atoms with Gasteiger partial charge < -0.3 is 15.8 Å². The summed E-state index contributed by atoms with van der Waals surface area (Å²) in [4.78, 5) is 23.8. The monoisotopic (exact) mass is 479 g/mol. The van der Waals surface area contributed by atoms with Crippen molar-refractivity contribution in [1.29, 1.82) is 0 Å². The Morgan fingerprint density at radius 2 is 1.94 bits per heavy atom. The van der Waals surface area contributed by atoms with Crippen molar-refractivity contribution < 1.29 is 22.7 Å². The van der Waals surface area contributed by atoms with Crippen LogP contribution in [0.1, 0.15) is 25.3 Å². The zero-order valence-electron chi connectivity index (χ0n) is 17.7. The number of primary amides is 1. The van der Waals surface area contributed by atoms with Crippen LogP contribution in [0.5, 0.6) is 5.75 Å². The van der Waals surface area contributed by atoms with Gasteiger partial charge in [0.25, 0.3) is 0 Å². The molecule has 0 spiro atoms. The van der Waals surface area contributed by atoms with E-state index in [4.69, 9.17) is 22.1 Å². The molecule has 2 aromatic carbocycles. The highest BCUT2D eigenvalue weighted by Gasteiger charge is 2.33. The number of carbonyl (C=O) groups excluding carboxylic acids is 2. The van der Waals surface area contributed by atoms with E-state index >= 15 is 0 Å². The molecule has 3 rings (SSSR count). The van der Waals surface area contributed by atoms with Crippen LogP contribution in [0.25, 0.3) is 0 Å². The number of ether oxygens (including phenoxy) is 1. The number of sulfonamides is 1. The fourth-order valence-corrected chi connectivity index (χ4v) is 5.44. The third kappa shape index (κ3) is 5.79. The Morgan fingerprint density at radius 3 is 2.56 bits per heavy atom. The standard InChI is InChI=1S/C22H26ClN3O5S/c1-2-31-20-10-9-18(13-19(20)23)32(29,30)26-11-3-4-16(14-26)22(28)25-17-7-5-15(6-8-17)12-21(24)27/h5-10,13,16H,2-4,11-12,14H2,1H3,(H2,24,27)(H,25,28)/t16-/m1/s1. The first-order chi connectivity index (χ1) is 15.2. The van der Waals surface area contributed by atoms with Crippen LogP contribution < -0.4 is 15.8 Å². The average molecular weight is 480 g/mol. The topological polar surface area (TPSA) is 119 Å². The Bertz CT molecular complexity index is 1090. The summed E-state index contributed by atoms with van der Waals surface area (Å²) in [6.07, 6.45) is 1.28. The van der Waals surface area contributed by atoms with Gasteiger partial charge in [0, 0.05) is 18.8 Å². The predicted octanol–water partition coefficient (Wildman–Crippen LogP) is 2.81. The Morgan fingerprint density at radius 1 is 1.22 bits per heavy atom. The van der Waals surface area contributed by atoms with Gasteiger partial charge in [-0.25, -0.2) is 8.42 Å². The molecule has 0 aliphatic carbocycles. The molecule has 0 aromatic heterocycles. The molecule has 0 unspecified atom stereocenters. The van der Waals surface area contributed by atoms with E-state index in [1.807, 2.05) is 6.92 Å². The smallest absolute Gasteiger partial charge is 0.243 e. The zero-order chi connectivity index (χ0) is 23.3. The highest BCUT2D eigenvalue weighted by Crippen LogP contribution is 2.30. The second-order valence-electron chi connectivity index (χ2n) is 7.56. The van der Waals surface area contributed by atoms with Gasteiger partial charge in [-0.3, -0.25) is 9.59 Å². The maximum absolute atomic E-state index is 13.1. The molecule has 0 radical (unpaired) electrons. The largest absolute Gasteiger partial charge is 0.492 e. The number of nitrogens with one attached hydrogen (secondary N) is 1. The number of nitrogens with two attached hydrogens (primary N) is 1. The second-order valence-corrected chi connectivity index (χ2v) is 9.90. The predicted molar refractivity (Wildman–Crippen MR) is 122 cm³/mol. The summed E-state index contributed by atoms with van der Waals surface area (Å²) in [7, 11) is -3.80. The van der Waals surface area contributed by atoms with Gasteiger partial charge in [-0.1, -0.05) is 23.7 Å². The van der Waals surface area contributed by atoms with Gasteiger partial charge in [0.05, 0.1) is 28.9 Å². The number of amides is 2. The first-order valence-corrected chi connectivity index (χ1v) is 12.1. The van der Waals surface area contributed by atoms with Crippen LogP contribution in [0.2, 0.25) is 5.02 Å². The van der Waals surface area contributed by atoms with Crippen LogP contribution in [0, 0.1) is 5.92 Å². The van der Waals surface area contributed by atoms with Crippen molar-refractivity contribution in [2.45, 2.75) is 31.1 Å². The summed E-state index contributed by atoms with van der Waals surface area (Å²) in [5, 5.41) is 3.04. The molecule has 1 atom stereocenters. The Balaban J connectivity index is 1.68. The number of halogens is 1. The van der Waals surface area contributed by atoms with Crippen LogP contribution in [0.4, 0.5) is 5.69 Å². The van der Waals surface area contributed by atoms with Gasteiger partial charge in [-0.2, -0.15) is 4.31 Å². The fourth-order valence-electron chi connectivity index (χ4n) is 3.59. The third-order valence-electron chi connectivity index (χ3n) is 5.20. The number of anilines is 1. The van der Waals surface area contributed by atoms with Crippen molar-refractivity contribution in [3.8, 4) is 5.75 Å². The van der Waals surface area contributed by atoms with Crippen LogP contribution >= 0.6 is 11.6 Å². The van der Waals surface area contributed by atoms with Crippen molar-refractivity contribution in [3.05, 3.63) is 53.1 Å². The van der Waals surface area contributed by atoms with E-state index in [-0.39, 0.29) is 28.8 Å². The lowest BCUT2D eigenvalue weighted by Gasteiger charge is -2.31. The summed E-state index contributed by atoms with van der Waals surface area (Å²) in [5.41, 5.74) is 6.50. The SMILES string of the molecule is CCOc1ccc(S(=O)(=O)N2CCC[C@@H](C(=O)Nc3ccc(CC(N)=O)cc3)C2)cc1Cl. The number of hydrogen-bond acceptors (Lipinski definition) is 5. The summed E-state index contributed by atoms with van der Waals surface area (Å²) in [6.45, 7) is 2.65. The fraction of sp³-hybridized carbons (Fsp3) is 0.364. The Hall–Kier alpha value is -2.62. The maximum Gasteiger partial charge on any atom is 0.243 e. The van der Waals surface area contributed by atoms with Gasteiger partial charge in [-0.15, -0.1) is 0 Å². The number of hydrogen-bond donors (Lipinski definition) is 2. The highest BCUT2D eigenvalue weighted by molar-refractivity contribution is 7.89. The molecule has 172 valence electrons. The second kappa shape index (κ2) is 10.3. The Kier molecular flexibility index (Phi) is 7.76.